The van der Waals surface area contributed by atoms with Gasteiger partial charge in [-0.25, -0.2) is 9.48 Å². The highest BCUT2D eigenvalue weighted by molar-refractivity contribution is 5.96. The summed E-state index contributed by atoms with van der Waals surface area (Å²) in [6.45, 7) is 3.33. The van der Waals surface area contributed by atoms with Crippen LogP contribution in [0, 0.1) is 5.92 Å². The molecule has 6 rings (SSSR count). The molecule has 4 fully saturated rings. The Hall–Kier alpha value is -4.66. The number of likely N-dealkylation sites (tertiary alicyclic amines) is 1. The maximum absolute atomic E-state index is 14.0. The molecular weight excluding hydrogens is 658 g/mol. The van der Waals surface area contributed by atoms with Crippen LogP contribution in [0.3, 0.4) is 0 Å². The Morgan fingerprint density at radius 1 is 0.882 bits per heavy atom. The predicted octanol–water partition coefficient (Wildman–Crippen LogP) is 2.82. The van der Waals surface area contributed by atoms with Crippen LogP contribution in [-0.4, -0.2) is 118 Å². The number of piperazine rings is 1. The van der Waals surface area contributed by atoms with Gasteiger partial charge < -0.3 is 34.7 Å². The van der Waals surface area contributed by atoms with Gasteiger partial charge in [0.2, 0.25) is 17.7 Å². The average molecular weight is 708 g/mol. The van der Waals surface area contributed by atoms with Gasteiger partial charge in [-0.3, -0.25) is 19.2 Å². The molecule has 276 valence electrons. The monoisotopic (exact) mass is 707 g/mol. The second-order valence-electron chi connectivity index (χ2n) is 13.7. The second-order valence-corrected chi connectivity index (χ2v) is 13.7. The van der Waals surface area contributed by atoms with Crippen LogP contribution in [0.15, 0.2) is 36.4 Å². The zero-order valence-electron chi connectivity index (χ0n) is 29.3. The standard InChI is InChI=1S/C36H49N7O8/c1-2-49-36(48)51-41-21-19-40(20-22-41)35(47)32(25-11-5-3-6-12-25)38-33(45)28-23-31(43(39-28)27-15-7-4-8-16-27)50-24-30(44)42-18-10-17-29(42)34(46)37-26-13-9-14-26/h4,7-8,15-16,23,25-26,29,32H,2-3,5-6,9-14,17-22,24H2,1H3,(H,37,46)(H,38,45)/t29-,32-/m0/s1. The summed E-state index contributed by atoms with van der Waals surface area (Å²) >= 11 is 0. The van der Waals surface area contributed by atoms with E-state index in [1.54, 1.807) is 16.7 Å². The summed E-state index contributed by atoms with van der Waals surface area (Å²) < 4.78 is 12.4. The van der Waals surface area contributed by atoms with Gasteiger partial charge in [-0.15, -0.1) is 5.06 Å². The fourth-order valence-corrected chi connectivity index (χ4v) is 7.25. The van der Waals surface area contributed by atoms with Crippen molar-refractivity contribution in [2.45, 2.75) is 89.3 Å². The minimum absolute atomic E-state index is 0.0385. The first-order valence-corrected chi connectivity index (χ1v) is 18.4. The van der Waals surface area contributed by atoms with Crippen molar-refractivity contribution < 1.29 is 38.3 Å². The van der Waals surface area contributed by atoms with Gasteiger partial charge in [0.15, 0.2) is 12.3 Å². The van der Waals surface area contributed by atoms with E-state index in [1.807, 2.05) is 30.3 Å². The van der Waals surface area contributed by atoms with Crippen molar-refractivity contribution in [2.75, 3.05) is 45.9 Å². The van der Waals surface area contributed by atoms with E-state index in [4.69, 9.17) is 14.3 Å². The number of carbonyl (C=O) groups is 5. The molecule has 3 heterocycles. The summed E-state index contributed by atoms with van der Waals surface area (Å²) in [5.41, 5.74) is 0.669. The van der Waals surface area contributed by atoms with Crippen LogP contribution in [0.2, 0.25) is 0 Å². The van der Waals surface area contributed by atoms with Gasteiger partial charge in [-0.2, -0.15) is 5.10 Å². The van der Waals surface area contributed by atoms with E-state index < -0.39 is 24.1 Å². The lowest BCUT2D eigenvalue weighted by Gasteiger charge is -2.37. The molecule has 4 aliphatic rings. The van der Waals surface area contributed by atoms with Crippen LogP contribution >= 0.6 is 0 Å². The molecule has 0 radical (unpaired) electrons. The number of nitrogens with zero attached hydrogens (tertiary/aromatic N) is 5. The molecule has 2 saturated carbocycles. The first kappa shape index (κ1) is 36.1. The van der Waals surface area contributed by atoms with Gasteiger partial charge >= 0.3 is 6.16 Å². The average Bonchev–Trinajstić information content (AvgIpc) is 3.80. The molecule has 2 N–H and O–H groups in total. The first-order valence-electron chi connectivity index (χ1n) is 18.4. The first-order chi connectivity index (χ1) is 24.8. The van der Waals surface area contributed by atoms with E-state index in [9.17, 15) is 24.0 Å². The Kier molecular flexibility index (Phi) is 12.1. The number of nitrogens with one attached hydrogen (secondary N) is 2. The number of benzene rings is 1. The number of hydrogen-bond acceptors (Lipinski definition) is 10. The molecule has 2 aromatic rings. The largest absolute Gasteiger partial charge is 0.527 e. The van der Waals surface area contributed by atoms with Crippen molar-refractivity contribution in [1.29, 1.82) is 0 Å². The van der Waals surface area contributed by atoms with E-state index in [-0.39, 0.29) is 54.5 Å². The van der Waals surface area contributed by atoms with Gasteiger partial charge in [0.1, 0.15) is 12.1 Å². The summed E-state index contributed by atoms with van der Waals surface area (Å²) in [6, 6.07) is 9.52. The number of para-hydroxylation sites is 1. The molecule has 2 aliphatic heterocycles. The van der Waals surface area contributed by atoms with Crippen molar-refractivity contribution >= 4 is 29.8 Å². The molecule has 0 spiro atoms. The minimum atomic E-state index is -0.779. The van der Waals surface area contributed by atoms with Crippen LogP contribution in [0.1, 0.15) is 81.6 Å². The normalized spacial score (nSPS) is 20.6. The van der Waals surface area contributed by atoms with E-state index in [0.29, 0.717) is 44.8 Å². The highest BCUT2D eigenvalue weighted by atomic mass is 16.8. The Morgan fingerprint density at radius 2 is 1.63 bits per heavy atom. The Bertz CT molecular complexity index is 1530. The quantitative estimate of drug-likeness (QED) is 0.314. The number of ether oxygens (including phenoxy) is 2. The number of aromatic nitrogens is 2. The highest BCUT2D eigenvalue weighted by Crippen LogP contribution is 2.29. The van der Waals surface area contributed by atoms with Gasteiger partial charge in [0, 0.05) is 31.7 Å². The van der Waals surface area contributed by atoms with Crippen molar-refractivity contribution in [1.82, 2.24) is 35.3 Å². The van der Waals surface area contributed by atoms with Crippen molar-refractivity contribution in [3.8, 4) is 11.6 Å². The van der Waals surface area contributed by atoms with E-state index >= 15 is 0 Å². The van der Waals surface area contributed by atoms with Crippen LogP contribution in [-0.2, 0) is 24.0 Å². The highest BCUT2D eigenvalue weighted by Gasteiger charge is 2.38. The Labute approximate surface area is 297 Å². The Balaban J connectivity index is 1.14. The zero-order valence-corrected chi connectivity index (χ0v) is 29.3. The van der Waals surface area contributed by atoms with Crippen molar-refractivity contribution in [2.24, 2.45) is 5.92 Å². The minimum Gasteiger partial charge on any atom is -0.467 e. The number of hydroxylamine groups is 2. The molecule has 2 aliphatic carbocycles. The van der Waals surface area contributed by atoms with Gasteiger partial charge in [-0.05, 0) is 69.9 Å². The van der Waals surface area contributed by atoms with Crippen LogP contribution in [0.4, 0.5) is 4.79 Å². The van der Waals surface area contributed by atoms with Gasteiger partial charge in [0.05, 0.1) is 25.4 Å². The molecule has 0 unspecified atom stereocenters. The molecule has 4 amide bonds. The van der Waals surface area contributed by atoms with E-state index in [0.717, 1.165) is 57.8 Å². The maximum atomic E-state index is 14.0. The molecule has 2 atom stereocenters. The maximum Gasteiger partial charge on any atom is 0.527 e. The zero-order chi connectivity index (χ0) is 35.7. The van der Waals surface area contributed by atoms with Crippen LogP contribution < -0.4 is 15.4 Å². The predicted molar refractivity (Wildman–Crippen MR) is 184 cm³/mol. The molecule has 15 heteroatoms. The lowest BCUT2D eigenvalue weighted by atomic mass is 9.83. The summed E-state index contributed by atoms with van der Waals surface area (Å²) in [4.78, 5) is 74.4. The van der Waals surface area contributed by atoms with Crippen LogP contribution in [0.25, 0.3) is 5.69 Å². The van der Waals surface area contributed by atoms with Crippen LogP contribution in [0.5, 0.6) is 5.88 Å². The number of carbonyl (C=O) groups excluding carboxylic acids is 5. The molecule has 2 saturated heterocycles. The molecule has 1 aromatic carbocycles. The fraction of sp³-hybridized carbons (Fsp3) is 0.611. The molecule has 1 aromatic heterocycles. The second kappa shape index (κ2) is 17.0. The topological polar surface area (TPSA) is 165 Å². The molecule has 15 nitrogen and oxygen atoms in total. The molecule has 0 bridgehead atoms. The Morgan fingerprint density at radius 3 is 2.31 bits per heavy atom. The summed E-state index contributed by atoms with van der Waals surface area (Å²) in [5.74, 6) is -0.994. The molecule has 51 heavy (non-hydrogen) atoms. The number of hydrogen-bond donors (Lipinski definition) is 2. The summed E-state index contributed by atoms with van der Waals surface area (Å²) in [6.07, 6.45) is 8.25. The van der Waals surface area contributed by atoms with E-state index in [1.165, 1.54) is 15.8 Å². The molecular formula is C36H49N7O8. The van der Waals surface area contributed by atoms with Gasteiger partial charge in [-0.1, -0.05) is 37.5 Å². The third-order valence-corrected chi connectivity index (χ3v) is 10.3. The lowest BCUT2D eigenvalue weighted by Crippen LogP contribution is -2.57. The third kappa shape index (κ3) is 8.99. The summed E-state index contributed by atoms with van der Waals surface area (Å²) in [7, 11) is 0. The fourth-order valence-electron chi connectivity index (χ4n) is 7.25. The summed E-state index contributed by atoms with van der Waals surface area (Å²) in [5, 5.41) is 12.1. The van der Waals surface area contributed by atoms with Gasteiger partial charge in [0.25, 0.3) is 11.8 Å². The van der Waals surface area contributed by atoms with E-state index in [2.05, 4.69) is 15.7 Å². The van der Waals surface area contributed by atoms with Crippen molar-refractivity contribution in [3.05, 3.63) is 42.1 Å². The SMILES string of the molecule is CCOC(=O)ON1CCN(C(=O)[C@@H](NC(=O)c2cc(OCC(=O)N3CCC[C@H]3C(=O)NC3CCC3)n(-c3ccccc3)n2)C2CCCCC2)CC1. The third-order valence-electron chi connectivity index (χ3n) is 10.3. The van der Waals surface area contributed by atoms with Crippen molar-refractivity contribution in [3.63, 3.8) is 0 Å². The number of amides is 4. The number of rotatable bonds is 12. The lowest BCUT2D eigenvalue weighted by molar-refractivity contribution is -0.158. The smallest absolute Gasteiger partial charge is 0.467 e.